The lowest BCUT2D eigenvalue weighted by atomic mass is 10.1. The van der Waals surface area contributed by atoms with E-state index in [-0.39, 0.29) is 5.78 Å². The number of hydrogen-bond acceptors (Lipinski definition) is 2. The second-order valence-corrected chi connectivity index (χ2v) is 4.71. The van der Waals surface area contributed by atoms with E-state index < -0.39 is 0 Å². The summed E-state index contributed by atoms with van der Waals surface area (Å²) in [5.74, 6) is 0.00624. The molecule has 94 valence electrons. The second kappa shape index (κ2) is 6.06. The molecule has 1 aromatic carbocycles. The van der Waals surface area contributed by atoms with Crippen molar-refractivity contribution < 1.29 is 4.79 Å². The molecule has 0 aliphatic heterocycles. The molecule has 17 heavy (non-hydrogen) atoms. The maximum absolute atomic E-state index is 11.3. The fourth-order valence-electron chi connectivity index (χ4n) is 2.06. The number of Topliss-reactive ketones (excluding diaryl/α,β-unsaturated/α-hetero) is 1. The van der Waals surface area contributed by atoms with E-state index >= 15 is 0 Å². The SMILES string of the molecule is CCC(CC)N(C)c1ccc(C(C)=O)c(Cl)c1. The molecular formula is C14H20ClNO. The van der Waals surface area contributed by atoms with Crippen molar-refractivity contribution in [3.8, 4) is 0 Å². The highest BCUT2D eigenvalue weighted by atomic mass is 35.5. The number of halogens is 1. The number of carbonyl (C=O) groups excluding carboxylic acids is 1. The van der Waals surface area contributed by atoms with Crippen molar-refractivity contribution in [2.75, 3.05) is 11.9 Å². The summed E-state index contributed by atoms with van der Waals surface area (Å²) in [6, 6.07) is 6.14. The van der Waals surface area contributed by atoms with Crippen LogP contribution >= 0.6 is 11.6 Å². The number of benzene rings is 1. The van der Waals surface area contributed by atoms with Gasteiger partial charge in [0.05, 0.1) is 5.02 Å². The van der Waals surface area contributed by atoms with Crippen LogP contribution < -0.4 is 4.90 Å². The number of ketones is 1. The van der Waals surface area contributed by atoms with Crippen LogP contribution in [0.4, 0.5) is 5.69 Å². The molecule has 0 heterocycles. The summed E-state index contributed by atoms with van der Waals surface area (Å²) >= 11 is 6.11. The van der Waals surface area contributed by atoms with Gasteiger partial charge in [0.15, 0.2) is 5.78 Å². The van der Waals surface area contributed by atoms with E-state index in [1.165, 1.54) is 6.92 Å². The van der Waals surface area contributed by atoms with Crippen molar-refractivity contribution >= 4 is 23.1 Å². The van der Waals surface area contributed by atoms with Crippen LogP contribution in [-0.2, 0) is 0 Å². The van der Waals surface area contributed by atoms with Gasteiger partial charge in [-0.1, -0.05) is 25.4 Å². The summed E-state index contributed by atoms with van der Waals surface area (Å²) in [6.07, 6.45) is 2.19. The summed E-state index contributed by atoms with van der Waals surface area (Å²) in [6.45, 7) is 5.89. The predicted octanol–water partition coefficient (Wildman–Crippen LogP) is 4.17. The fourth-order valence-corrected chi connectivity index (χ4v) is 2.36. The molecular weight excluding hydrogens is 234 g/mol. The average Bonchev–Trinajstić information content (AvgIpc) is 2.29. The Kier molecular flexibility index (Phi) is 5.01. The first-order chi connectivity index (χ1) is 8.01. The lowest BCUT2D eigenvalue weighted by molar-refractivity contribution is 0.101. The molecule has 0 bridgehead atoms. The molecule has 0 aromatic heterocycles. The van der Waals surface area contributed by atoms with Crippen LogP contribution in [0.25, 0.3) is 0 Å². The molecule has 1 aromatic rings. The first-order valence-electron chi connectivity index (χ1n) is 6.04. The highest BCUT2D eigenvalue weighted by Crippen LogP contribution is 2.25. The second-order valence-electron chi connectivity index (χ2n) is 4.30. The lowest BCUT2D eigenvalue weighted by Crippen LogP contribution is -2.30. The van der Waals surface area contributed by atoms with Crippen molar-refractivity contribution in [2.45, 2.75) is 39.7 Å². The van der Waals surface area contributed by atoms with Crippen molar-refractivity contribution in [3.05, 3.63) is 28.8 Å². The standard InChI is InChI=1S/C14H20ClNO/c1-5-11(6-2)16(4)12-7-8-13(10(3)17)14(15)9-12/h7-9,11H,5-6H2,1-4H3. The summed E-state index contributed by atoms with van der Waals surface area (Å²) in [5, 5.41) is 0.535. The number of hydrogen-bond donors (Lipinski definition) is 0. The molecule has 0 amide bonds. The predicted molar refractivity (Wildman–Crippen MR) is 74.2 cm³/mol. The molecule has 0 saturated carbocycles. The van der Waals surface area contributed by atoms with Gasteiger partial charge in [-0.3, -0.25) is 4.79 Å². The maximum atomic E-state index is 11.3. The summed E-state index contributed by atoms with van der Waals surface area (Å²) in [5.41, 5.74) is 1.65. The molecule has 2 nitrogen and oxygen atoms in total. The van der Waals surface area contributed by atoms with Gasteiger partial charge in [0, 0.05) is 24.3 Å². The molecule has 0 aliphatic carbocycles. The first kappa shape index (κ1) is 14.0. The van der Waals surface area contributed by atoms with E-state index in [0.717, 1.165) is 18.5 Å². The Morgan fingerprint density at radius 2 is 1.94 bits per heavy atom. The van der Waals surface area contributed by atoms with Crippen molar-refractivity contribution in [3.63, 3.8) is 0 Å². The zero-order valence-corrected chi connectivity index (χ0v) is 11.7. The monoisotopic (exact) mass is 253 g/mol. The quantitative estimate of drug-likeness (QED) is 0.734. The Morgan fingerprint density at radius 1 is 1.35 bits per heavy atom. The van der Waals surface area contributed by atoms with E-state index in [4.69, 9.17) is 11.6 Å². The van der Waals surface area contributed by atoms with Crippen LogP contribution in [0.3, 0.4) is 0 Å². The van der Waals surface area contributed by atoms with E-state index in [2.05, 4.69) is 25.8 Å². The number of rotatable bonds is 5. The fraction of sp³-hybridized carbons (Fsp3) is 0.500. The lowest BCUT2D eigenvalue weighted by Gasteiger charge is -2.28. The van der Waals surface area contributed by atoms with Gasteiger partial charge in [0.25, 0.3) is 0 Å². The third kappa shape index (κ3) is 3.22. The van der Waals surface area contributed by atoms with E-state index in [0.29, 0.717) is 16.6 Å². The molecule has 0 aliphatic rings. The Bertz CT molecular complexity index is 399. The number of nitrogens with zero attached hydrogens (tertiary/aromatic N) is 1. The molecule has 1 rings (SSSR count). The van der Waals surface area contributed by atoms with E-state index in [1.807, 2.05) is 12.1 Å². The highest BCUT2D eigenvalue weighted by molar-refractivity contribution is 6.34. The molecule has 0 unspecified atom stereocenters. The third-order valence-electron chi connectivity index (χ3n) is 3.23. The van der Waals surface area contributed by atoms with E-state index in [1.54, 1.807) is 6.07 Å². The third-order valence-corrected chi connectivity index (χ3v) is 3.54. The number of carbonyl (C=O) groups is 1. The van der Waals surface area contributed by atoms with Crippen LogP contribution in [0.15, 0.2) is 18.2 Å². The molecule has 0 saturated heterocycles. The van der Waals surface area contributed by atoms with Crippen LogP contribution in [-0.4, -0.2) is 18.9 Å². The molecule has 0 fully saturated rings. The minimum atomic E-state index is 0.00624. The highest BCUT2D eigenvalue weighted by Gasteiger charge is 2.13. The minimum Gasteiger partial charge on any atom is -0.372 e. The zero-order valence-electron chi connectivity index (χ0n) is 11.0. The largest absolute Gasteiger partial charge is 0.372 e. The molecule has 0 spiro atoms. The van der Waals surface area contributed by atoms with Crippen LogP contribution in [0.1, 0.15) is 44.0 Å². The van der Waals surface area contributed by atoms with Gasteiger partial charge >= 0.3 is 0 Å². The van der Waals surface area contributed by atoms with Gasteiger partial charge in [0.2, 0.25) is 0 Å². The van der Waals surface area contributed by atoms with Gasteiger partial charge in [-0.2, -0.15) is 0 Å². The van der Waals surface area contributed by atoms with Gasteiger partial charge in [0.1, 0.15) is 0 Å². The smallest absolute Gasteiger partial charge is 0.161 e. The number of anilines is 1. The topological polar surface area (TPSA) is 20.3 Å². The van der Waals surface area contributed by atoms with Crippen LogP contribution in [0.5, 0.6) is 0 Å². The van der Waals surface area contributed by atoms with Crippen LogP contribution in [0, 0.1) is 0 Å². The minimum absolute atomic E-state index is 0.00624. The Hall–Kier alpha value is -1.02. The molecule has 3 heteroatoms. The Morgan fingerprint density at radius 3 is 2.35 bits per heavy atom. The van der Waals surface area contributed by atoms with E-state index in [9.17, 15) is 4.79 Å². The molecule has 0 atom stereocenters. The molecule has 0 N–H and O–H groups in total. The summed E-state index contributed by atoms with van der Waals surface area (Å²) in [4.78, 5) is 13.5. The van der Waals surface area contributed by atoms with Crippen LogP contribution in [0.2, 0.25) is 5.02 Å². The van der Waals surface area contributed by atoms with Gasteiger partial charge < -0.3 is 4.90 Å². The van der Waals surface area contributed by atoms with Gasteiger partial charge in [-0.15, -0.1) is 0 Å². The Labute approximate surface area is 109 Å². The average molecular weight is 254 g/mol. The van der Waals surface area contributed by atoms with Crippen molar-refractivity contribution in [1.29, 1.82) is 0 Å². The zero-order chi connectivity index (χ0) is 13.0. The molecule has 0 radical (unpaired) electrons. The van der Waals surface area contributed by atoms with Gasteiger partial charge in [-0.25, -0.2) is 0 Å². The summed E-state index contributed by atoms with van der Waals surface area (Å²) < 4.78 is 0. The maximum Gasteiger partial charge on any atom is 0.161 e. The van der Waals surface area contributed by atoms with Gasteiger partial charge in [-0.05, 0) is 38.0 Å². The van der Waals surface area contributed by atoms with Crippen molar-refractivity contribution in [2.24, 2.45) is 0 Å². The Balaban J connectivity index is 3.00. The van der Waals surface area contributed by atoms with Crippen molar-refractivity contribution in [1.82, 2.24) is 0 Å². The first-order valence-corrected chi connectivity index (χ1v) is 6.42. The normalized spacial score (nSPS) is 10.7. The summed E-state index contributed by atoms with van der Waals surface area (Å²) in [7, 11) is 2.07.